The predicted molar refractivity (Wildman–Crippen MR) is 293 cm³/mol. The van der Waals surface area contributed by atoms with Crippen LogP contribution >= 0.6 is 23.5 Å². The lowest BCUT2D eigenvalue weighted by atomic mass is 9.85. The molecule has 0 aliphatic carbocycles. The van der Waals surface area contributed by atoms with Gasteiger partial charge >= 0.3 is 23.5 Å². The van der Waals surface area contributed by atoms with Crippen molar-refractivity contribution >= 4 is 35.3 Å². The molecule has 0 spiro atoms. The number of rotatable bonds is 44. The van der Waals surface area contributed by atoms with Crippen LogP contribution in [0.1, 0.15) is 114 Å². The Hall–Kier alpha value is -1.25. The van der Waals surface area contributed by atoms with E-state index < -0.39 is 131 Å². The molecule has 29 nitrogen and oxygen atoms in total. The van der Waals surface area contributed by atoms with Crippen LogP contribution in [-0.2, 0) is 83.6 Å². The summed E-state index contributed by atoms with van der Waals surface area (Å²) >= 11 is 0. The van der Waals surface area contributed by atoms with Crippen LogP contribution in [0.5, 0.6) is 0 Å². The fraction of sp³-hybridized carbons (Fsp3) is 0.960. The van der Waals surface area contributed by atoms with Crippen LogP contribution in [0.2, 0.25) is 0 Å². The quantitative estimate of drug-likeness (QED) is 0.0307. The summed E-state index contributed by atoms with van der Waals surface area (Å²) in [5.41, 5.74) is -3.17. The minimum absolute atomic E-state index is 0.0961. The third kappa shape index (κ3) is 29.2. The number of phosphoric acid groups is 3. The number of aliphatic hydroxyl groups excluding tert-OH is 6. The van der Waals surface area contributed by atoms with Crippen molar-refractivity contribution in [2.75, 3.05) is 106 Å². The van der Waals surface area contributed by atoms with E-state index in [0.717, 1.165) is 7.11 Å². The van der Waals surface area contributed by atoms with Gasteiger partial charge in [-0.1, -0.05) is 34.6 Å². The molecule has 2 aliphatic heterocycles. The molecule has 0 aromatic carbocycles. The molecular weight excluding hydrogens is 1150 g/mol. The molecule has 16 atom stereocenters. The molecule has 2 aliphatic rings. The highest BCUT2D eigenvalue weighted by atomic mass is 31.2. The number of amides is 2. The second kappa shape index (κ2) is 36.3. The van der Waals surface area contributed by atoms with Crippen molar-refractivity contribution in [3.63, 3.8) is 0 Å². The van der Waals surface area contributed by atoms with Gasteiger partial charge in [0.05, 0.1) is 103 Å². The summed E-state index contributed by atoms with van der Waals surface area (Å²) in [7, 11) is -12.2. The van der Waals surface area contributed by atoms with Gasteiger partial charge in [-0.3, -0.25) is 36.7 Å². The molecule has 2 saturated heterocycles. The molecule has 0 radical (unpaired) electrons. The molecule has 0 aromatic heterocycles. The van der Waals surface area contributed by atoms with Crippen LogP contribution in [0.3, 0.4) is 0 Å². The fourth-order valence-electron chi connectivity index (χ4n) is 8.24. The SMILES string of the molecule is CCC(C)(CCOCC(COCCCOP(=O)(O)OC)COCCC(C)(C)COP(=O)(O)OCCC(C)(C)OCC1OC(CO)C(O)C(O)C1NC(C)=O)COP(=O)(O)OCCC(C)(CC)OCC1OC(CO)C(O)C(O)C1NC(C)=O. The number of hydrogen-bond donors (Lipinski definition) is 11. The summed E-state index contributed by atoms with van der Waals surface area (Å²) in [6.07, 6.45) is -7.57. The zero-order valence-electron chi connectivity index (χ0n) is 49.6. The summed E-state index contributed by atoms with van der Waals surface area (Å²) in [5.74, 6) is -1.25. The highest BCUT2D eigenvalue weighted by Crippen LogP contribution is 2.47. The van der Waals surface area contributed by atoms with Crippen LogP contribution in [0, 0.1) is 16.7 Å². The maximum Gasteiger partial charge on any atom is 0.472 e. The summed E-state index contributed by atoms with van der Waals surface area (Å²) < 4.78 is 110. The molecule has 2 fully saturated rings. The average Bonchev–Trinajstić information content (AvgIpc) is 3.40. The molecule has 2 amide bonds. The summed E-state index contributed by atoms with van der Waals surface area (Å²) in [5, 5.41) is 66.3. The Labute approximate surface area is 482 Å². The first-order chi connectivity index (χ1) is 38.1. The Bertz CT molecular complexity index is 2000. The third-order valence-corrected chi connectivity index (χ3v) is 17.3. The Kier molecular flexibility index (Phi) is 34.0. The largest absolute Gasteiger partial charge is 0.472 e. The molecule has 0 bridgehead atoms. The Morgan fingerprint density at radius 3 is 1.46 bits per heavy atom. The van der Waals surface area contributed by atoms with Crippen LogP contribution in [-0.4, -0.2) is 235 Å². The van der Waals surface area contributed by atoms with E-state index in [0.29, 0.717) is 25.7 Å². The molecule has 0 aromatic rings. The minimum atomic E-state index is -4.56. The summed E-state index contributed by atoms with van der Waals surface area (Å²) in [6, 6.07) is -2.07. The van der Waals surface area contributed by atoms with Crippen LogP contribution < -0.4 is 10.6 Å². The number of ether oxygens (including phenoxy) is 7. The highest BCUT2D eigenvalue weighted by molar-refractivity contribution is 7.47. The molecule has 2 rings (SSSR count). The molecule has 486 valence electrons. The number of carbonyl (C=O) groups excluding carboxylic acids is 2. The normalized spacial score (nSPS) is 27.8. The number of carbonyl (C=O) groups is 2. The van der Waals surface area contributed by atoms with Crippen molar-refractivity contribution in [3.05, 3.63) is 0 Å². The summed E-state index contributed by atoms with van der Waals surface area (Å²) in [6.45, 7) is 15.6. The van der Waals surface area contributed by atoms with Crippen molar-refractivity contribution in [1.29, 1.82) is 0 Å². The molecule has 2 heterocycles. The van der Waals surface area contributed by atoms with Gasteiger partial charge in [-0.15, -0.1) is 0 Å². The topological polar surface area (TPSA) is 411 Å². The molecule has 82 heavy (non-hydrogen) atoms. The number of hydrogen-bond acceptors (Lipinski definition) is 24. The van der Waals surface area contributed by atoms with E-state index in [4.69, 9.17) is 55.8 Å². The molecule has 0 saturated carbocycles. The van der Waals surface area contributed by atoms with E-state index in [2.05, 4.69) is 15.2 Å². The maximum atomic E-state index is 13.1. The standard InChI is InChI=1S/C50H99N2O27P3/c1-12-49(9,33-77-82(65,66)75-24-18-50(10,13-2)72-31-40-42(52-35(4)56)46(60)44(58)38(26-54)79-40)17-22-70-29-36(27-68-19-14-20-73-80(61,62)67-11)28-69-21-15-47(5,6)32-76-81(63,64)74-23-16-48(7,8)71-30-39-41(51-34(3)55)45(59)43(57)37(25-53)78-39/h36-46,53-54,57-60H,12-33H2,1-11H3,(H,51,55)(H,52,56)(H,61,62)(H,63,64)(H,65,66). The van der Waals surface area contributed by atoms with Gasteiger partial charge in [-0.25, -0.2) is 13.7 Å². The highest BCUT2D eigenvalue weighted by Gasteiger charge is 2.47. The first-order valence-electron chi connectivity index (χ1n) is 27.7. The lowest BCUT2D eigenvalue weighted by Gasteiger charge is -2.43. The predicted octanol–water partition coefficient (Wildman–Crippen LogP) is 2.03. The van der Waals surface area contributed by atoms with Crippen LogP contribution in [0.25, 0.3) is 0 Å². The smallest absolute Gasteiger partial charge is 0.394 e. The van der Waals surface area contributed by atoms with Crippen LogP contribution in [0.15, 0.2) is 0 Å². The van der Waals surface area contributed by atoms with Gasteiger partial charge in [0.1, 0.15) is 48.8 Å². The number of phosphoric ester groups is 3. The fourth-order valence-corrected chi connectivity index (χ4v) is 10.5. The molecule has 32 heteroatoms. The first kappa shape index (κ1) is 76.8. The van der Waals surface area contributed by atoms with Gasteiger partial charge in [0.15, 0.2) is 0 Å². The van der Waals surface area contributed by atoms with E-state index in [-0.39, 0.29) is 111 Å². The van der Waals surface area contributed by atoms with Gasteiger partial charge in [0.25, 0.3) is 0 Å². The Morgan fingerprint density at radius 2 is 1.00 bits per heavy atom. The lowest BCUT2D eigenvalue weighted by molar-refractivity contribution is -0.215. The van der Waals surface area contributed by atoms with E-state index >= 15 is 0 Å². The van der Waals surface area contributed by atoms with Gasteiger partial charge in [0.2, 0.25) is 11.8 Å². The second-order valence-electron chi connectivity index (χ2n) is 22.8. The van der Waals surface area contributed by atoms with Crippen molar-refractivity contribution in [2.45, 2.75) is 186 Å². The molecule has 11 N–H and O–H groups in total. The van der Waals surface area contributed by atoms with E-state index in [9.17, 15) is 68.6 Å². The van der Waals surface area contributed by atoms with Crippen molar-refractivity contribution in [2.24, 2.45) is 16.7 Å². The van der Waals surface area contributed by atoms with Gasteiger partial charge in [-0.05, 0) is 70.1 Å². The Balaban J connectivity index is 1.89. The van der Waals surface area contributed by atoms with Crippen molar-refractivity contribution < 1.29 is 129 Å². The van der Waals surface area contributed by atoms with Crippen LogP contribution in [0.4, 0.5) is 0 Å². The van der Waals surface area contributed by atoms with Gasteiger partial charge in [0, 0.05) is 53.1 Å². The average molecular weight is 1250 g/mol. The Morgan fingerprint density at radius 1 is 0.549 bits per heavy atom. The lowest BCUT2D eigenvalue weighted by Crippen LogP contribution is -2.65. The van der Waals surface area contributed by atoms with Gasteiger partial charge < -0.3 is 89.1 Å². The first-order valence-corrected chi connectivity index (χ1v) is 32.2. The third-order valence-electron chi connectivity index (χ3n) is 14.4. The maximum absolute atomic E-state index is 13.1. The number of aliphatic hydroxyl groups is 6. The van der Waals surface area contributed by atoms with Gasteiger partial charge in [-0.2, -0.15) is 0 Å². The molecular formula is C50H99N2O27P3. The van der Waals surface area contributed by atoms with E-state index in [1.165, 1.54) is 13.8 Å². The van der Waals surface area contributed by atoms with Crippen molar-refractivity contribution in [3.8, 4) is 0 Å². The number of nitrogens with one attached hydrogen (secondary N) is 2. The second-order valence-corrected chi connectivity index (χ2v) is 27.3. The zero-order valence-corrected chi connectivity index (χ0v) is 52.3. The van der Waals surface area contributed by atoms with E-state index in [1.54, 1.807) is 20.8 Å². The minimum Gasteiger partial charge on any atom is -0.394 e. The zero-order chi connectivity index (χ0) is 62.2. The molecule has 16 unspecified atom stereocenters. The van der Waals surface area contributed by atoms with Crippen molar-refractivity contribution in [1.82, 2.24) is 10.6 Å². The monoisotopic (exact) mass is 1250 g/mol. The van der Waals surface area contributed by atoms with E-state index in [1.807, 2.05) is 34.6 Å². The summed E-state index contributed by atoms with van der Waals surface area (Å²) in [4.78, 5) is 54.4.